The Bertz CT molecular complexity index is 1400. The van der Waals surface area contributed by atoms with Gasteiger partial charge in [-0.15, -0.1) is 0 Å². The van der Waals surface area contributed by atoms with Crippen LogP contribution in [0.5, 0.6) is 11.5 Å². The second-order valence-electron chi connectivity index (χ2n) is 8.49. The van der Waals surface area contributed by atoms with E-state index in [0.717, 1.165) is 11.0 Å². The Morgan fingerprint density at radius 2 is 1.32 bits per heavy atom. The molecule has 5 rings (SSSR count). The third-order valence-corrected chi connectivity index (χ3v) is 6.42. The fourth-order valence-electron chi connectivity index (χ4n) is 4.76. The number of rotatable bonds is 8. The Morgan fingerprint density at radius 3 is 1.89 bits per heavy atom. The van der Waals surface area contributed by atoms with Gasteiger partial charge < -0.3 is 14.4 Å². The summed E-state index contributed by atoms with van der Waals surface area (Å²) in [6, 6.07) is 15.8. The third-order valence-electron chi connectivity index (χ3n) is 6.42. The van der Waals surface area contributed by atoms with Gasteiger partial charge in [-0.2, -0.15) is 0 Å². The van der Waals surface area contributed by atoms with Crippen LogP contribution in [0.15, 0.2) is 66.7 Å². The van der Waals surface area contributed by atoms with Gasteiger partial charge in [0, 0.05) is 17.8 Å². The number of β-lactam (4-membered cyclic amide) rings is 1. The number of carbonyl (C=O) groups is 3. The van der Waals surface area contributed by atoms with Gasteiger partial charge in [-0.05, 0) is 61.9 Å². The van der Waals surface area contributed by atoms with E-state index in [9.17, 15) is 24.5 Å². The van der Waals surface area contributed by atoms with Crippen molar-refractivity contribution in [2.75, 3.05) is 18.1 Å². The minimum atomic E-state index is -1.11. The van der Waals surface area contributed by atoms with Crippen molar-refractivity contribution in [2.24, 2.45) is 0 Å². The molecule has 3 amide bonds. The summed E-state index contributed by atoms with van der Waals surface area (Å²) in [5.41, 5.74) is 0.923. The molecule has 0 aromatic heterocycles. The topological polar surface area (TPSA) is 119 Å². The van der Waals surface area contributed by atoms with Gasteiger partial charge in [0.25, 0.3) is 23.4 Å². The number of anilines is 1. The molecule has 0 spiro atoms. The molecule has 0 saturated carbocycles. The van der Waals surface area contributed by atoms with Crippen LogP contribution in [0.1, 0.15) is 46.2 Å². The molecule has 188 valence electrons. The average Bonchev–Trinajstić information content (AvgIpc) is 3.14. The fraction of sp³-hybridized carbons (Fsp3) is 0.222. The van der Waals surface area contributed by atoms with Crippen molar-refractivity contribution in [1.82, 2.24) is 4.90 Å². The molecule has 37 heavy (non-hydrogen) atoms. The van der Waals surface area contributed by atoms with E-state index in [2.05, 4.69) is 0 Å². The van der Waals surface area contributed by atoms with Gasteiger partial charge in [0.05, 0.1) is 35.3 Å². The highest BCUT2D eigenvalue weighted by molar-refractivity contribution is 6.25. The van der Waals surface area contributed by atoms with Crippen LogP contribution in [-0.2, 0) is 4.79 Å². The highest BCUT2D eigenvalue weighted by Crippen LogP contribution is 2.45. The van der Waals surface area contributed by atoms with E-state index in [1.807, 2.05) is 13.8 Å². The van der Waals surface area contributed by atoms with Crippen LogP contribution in [0, 0.1) is 10.1 Å². The molecular weight excluding hydrogens is 478 g/mol. The zero-order chi connectivity index (χ0) is 26.3. The van der Waals surface area contributed by atoms with Crippen LogP contribution in [0.3, 0.4) is 0 Å². The minimum absolute atomic E-state index is 0.0355. The first-order valence-corrected chi connectivity index (χ1v) is 11.8. The van der Waals surface area contributed by atoms with E-state index >= 15 is 0 Å². The lowest BCUT2D eigenvalue weighted by molar-refractivity contribution is -0.384. The number of imide groups is 1. The lowest BCUT2D eigenvalue weighted by Gasteiger charge is -2.49. The SMILES string of the molecule is CCOc1ccc([C@@H]2[C@@H](N3C(=O)c4ccc([N+](=O)[O-])cc4C3=O)C(=O)N2c2ccc(OCC)cc2)cc1. The summed E-state index contributed by atoms with van der Waals surface area (Å²) in [6.07, 6.45) is 0. The number of non-ortho nitro benzene ring substituents is 1. The van der Waals surface area contributed by atoms with Crippen LogP contribution in [0.4, 0.5) is 11.4 Å². The van der Waals surface area contributed by atoms with Gasteiger partial charge in [-0.3, -0.25) is 29.4 Å². The predicted molar refractivity (Wildman–Crippen MR) is 133 cm³/mol. The zero-order valence-electron chi connectivity index (χ0n) is 20.1. The van der Waals surface area contributed by atoms with E-state index in [0.29, 0.717) is 36.0 Å². The Kier molecular flexibility index (Phi) is 6.08. The van der Waals surface area contributed by atoms with Crippen molar-refractivity contribution >= 4 is 29.1 Å². The Hall–Kier alpha value is -4.73. The molecule has 3 aromatic rings. The van der Waals surface area contributed by atoms with E-state index in [1.54, 1.807) is 48.5 Å². The summed E-state index contributed by atoms with van der Waals surface area (Å²) in [7, 11) is 0. The van der Waals surface area contributed by atoms with E-state index in [4.69, 9.17) is 9.47 Å². The number of fused-ring (bicyclic) bond motifs is 1. The van der Waals surface area contributed by atoms with E-state index < -0.39 is 34.7 Å². The van der Waals surface area contributed by atoms with Crippen LogP contribution in [-0.4, -0.2) is 46.8 Å². The highest BCUT2D eigenvalue weighted by Gasteiger charge is 2.57. The van der Waals surface area contributed by atoms with Crippen molar-refractivity contribution < 1.29 is 28.8 Å². The molecule has 10 nitrogen and oxygen atoms in total. The molecule has 2 heterocycles. The maximum atomic E-state index is 13.5. The van der Waals surface area contributed by atoms with Crippen molar-refractivity contribution in [2.45, 2.75) is 25.9 Å². The number of nitro benzene ring substituents is 1. The predicted octanol–water partition coefficient (Wildman–Crippen LogP) is 4.14. The molecule has 1 saturated heterocycles. The summed E-state index contributed by atoms with van der Waals surface area (Å²) in [4.78, 5) is 53.2. The number of nitrogens with zero attached hydrogens (tertiary/aromatic N) is 3. The van der Waals surface area contributed by atoms with Gasteiger partial charge >= 0.3 is 0 Å². The van der Waals surface area contributed by atoms with Gasteiger partial charge in [-0.25, -0.2) is 0 Å². The zero-order valence-corrected chi connectivity index (χ0v) is 20.1. The number of amides is 3. The molecular formula is C27H23N3O7. The summed E-state index contributed by atoms with van der Waals surface area (Å²) in [5.74, 6) is -0.531. The molecule has 0 aliphatic carbocycles. The first kappa shape index (κ1) is 24.0. The molecule has 3 aromatic carbocycles. The Balaban J connectivity index is 1.53. The monoisotopic (exact) mass is 501 g/mol. The van der Waals surface area contributed by atoms with E-state index in [1.165, 1.54) is 17.0 Å². The lowest BCUT2D eigenvalue weighted by atomic mass is 9.86. The number of hydrogen-bond donors (Lipinski definition) is 0. The minimum Gasteiger partial charge on any atom is -0.494 e. The van der Waals surface area contributed by atoms with Gasteiger partial charge in [0.2, 0.25) is 0 Å². The van der Waals surface area contributed by atoms with Crippen LogP contribution in [0.2, 0.25) is 0 Å². The van der Waals surface area contributed by atoms with Crippen molar-refractivity contribution in [3.8, 4) is 11.5 Å². The van der Waals surface area contributed by atoms with Gasteiger partial charge in [0.1, 0.15) is 17.5 Å². The van der Waals surface area contributed by atoms with Crippen LogP contribution in [0.25, 0.3) is 0 Å². The standard InChI is InChI=1S/C27H23N3O7/c1-3-36-19-10-5-16(6-11-19)23-24(27(33)28(23)17-7-12-20(13-8-17)37-4-2)29-25(31)21-14-9-18(30(34)35)15-22(21)26(29)32/h5-15,23-24H,3-4H2,1-2H3/t23-,24-/m1/s1. The quantitative estimate of drug-likeness (QED) is 0.197. The third kappa shape index (κ3) is 3.96. The number of nitro groups is 1. The number of benzene rings is 3. The van der Waals surface area contributed by atoms with Gasteiger partial charge in [-0.1, -0.05) is 12.1 Å². The summed E-state index contributed by atoms with van der Waals surface area (Å²) in [6.45, 7) is 4.73. The summed E-state index contributed by atoms with van der Waals surface area (Å²) >= 11 is 0. The Labute approximate surface area is 212 Å². The molecule has 2 aliphatic rings. The second-order valence-corrected chi connectivity index (χ2v) is 8.49. The van der Waals surface area contributed by atoms with Crippen molar-refractivity contribution in [3.63, 3.8) is 0 Å². The van der Waals surface area contributed by atoms with Crippen LogP contribution >= 0.6 is 0 Å². The van der Waals surface area contributed by atoms with Crippen molar-refractivity contribution in [3.05, 3.63) is 93.5 Å². The fourth-order valence-corrected chi connectivity index (χ4v) is 4.76. The normalized spacial score (nSPS) is 18.5. The highest BCUT2D eigenvalue weighted by atomic mass is 16.6. The number of carbonyl (C=O) groups excluding carboxylic acids is 3. The largest absolute Gasteiger partial charge is 0.494 e. The molecule has 10 heteroatoms. The molecule has 1 fully saturated rings. The number of ether oxygens (including phenoxy) is 2. The van der Waals surface area contributed by atoms with Crippen LogP contribution < -0.4 is 14.4 Å². The molecule has 0 unspecified atom stereocenters. The maximum Gasteiger partial charge on any atom is 0.270 e. The number of hydrogen-bond acceptors (Lipinski definition) is 7. The second kappa shape index (κ2) is 9.38. The first-order chi connectivity index (χ1) is 17.8. The lowest BCUT2D eigenvalue weighted by Crippen LogP contribution is -2.67. The van der Waals surface area contributed by atoms with Crippen molar-refractivity contribution in [1.29, 1.82) is 0 Å². The van der Waals surface area contributed by atoms with E-state index in [-0.39, 0.29) is 16.8 Å². The molecule has 0 radical (unpaired) electrons. The molecule has 0 N–H and O–H groups in total. The Morgan fingerprint density at radius 1 is 0.757 bits per heavy atom. The first-order valence-electron chi connectivity index (χ1n) is 11.8. The summed E-state index contributed by atoms with van der Waals surface area (Å²) < 4.78 is 11.0. The van der Waals surface area contributed by atoms with Gasteiger partial charge in [0.15, 0.2) is 0 Å². The molecule has 2 atom stereocenters. The molecule has 2 aliphatic heterocycles. The molecule has 0 bridgehead atoms. The average molecular weight is 501 g/mol. The maximum absolute atomic E-state index is 13.5. The summed E-state index contributed by atoms with van der Waals surface area (Å²) in [5, 5.41) is 11.2. The smallest absolute Gasteiger partial charge is 0.270 e.